The number of halogens is 3. The number of ether oxygens (including phenoxy) is 1. The maximum atomic E-state index is 12.8. The monoisotopic (exact) mass is 220 g/mol. The van der Waals surface area contributed by atoms with Gasteiger partial charge in [-0.1, -0.05) is 0 Å². The average Bonchev–Trinajstić information content (AvgIpc) is 2.17. The van der Waals surface area contributed by atoms with Crippen LogP contribution in [0.25, 0.3) is 0 Å². The molecule has 1 aromatic heterocycles. The molecule has 0 aromatic carbocycles. The van der Waals surface area contributed by atoms with E-state index in [0.717, 1.165) is 6.92 Å². The first-order valence-corrected chi connectivity index (χ1v) is 4.35. The van der Waals surface area contributed by atoms with Crippen molar-refractivity contribution in [1.82, 2.24) is 9.97 Å². The van der Waals surface area contributed by atoms with Gasteiger partial charge < -0.3 is 4.74 Å². The first-order chi connectivity index (χ1) is 6.92. The van der Waals surface area contributed by atoms with Gasteiger partial charge in [0.1, 0.15) is 0 Å². The molecular formula is C9H11F3N2O. The highest BCUT2D eigenvalue weighted by Gasteiger charge is 2.38. The van der Waals surface area contributed by atoms with Crippen LogP contribution >= 0.6 is 0 Å². The molecule has 1 rings (SSSR count). The van der Waals surface area contributed by atoms with Crippen molar-refractivity contribution in [1.29, 1.82) is 0 Å². The minimum atomic E-state index is -3.51. The van der Waals surface area contributed by atoms with Crippen molar-refractivity contribution in [3.05, 3.63) is 18.1 Å². The highest BCUT2D eigenvalue weighted by atomic mass is 19.3. The minimum Gasteiger partial charge on any atom is -0.470 e. The molecule has 3 nitrogen and oxygen atoms in total. The Hall–Kier alpha value is -1.33. The number of rotatable bonds is 4. The van der Waals surface area contributed by atoms with Gasteiger partial charge >= 0.3 is 5.92 Å². The van der Waals surface area contributed by atoms with Crippen molar-refractivity contribution in [3.8, 4) is 5.88 Å². The van der Waals surface area contributed by atoms with E-state index in [9.17, 15) is 13.2 Å². The van der Waals surface area contributed by atoms with Gasteiger partial charge in [-0.2, -0.15) is 8.78 Å². The Balaban J connectivity index is 2.54. The molecule has 0 amide bonds. The van der Waals surface area contributed by atoms with Crippen LogP contribution in [0.5, 0.6) is 5.88 Å². The molecule has 15 heavy (non-hydrogen) atoms. The van der Waals surface area contributed by atoms with Crippen molar-refractivity contribution in [2.45, 2.75) is 25.9 Å². The quantitative estimate of drug-likeness (QED) is 0.779. The molecule has 0 spiro atoms. The van der Waals surface area contributed by atoms with Gasteiger partial charge in [0.05, 0.1) is 18.1 Å². The van der Waals surface area contributed by atoms with E-state index in [1.54, 1.807) is 6.92 Å². The summed E-state index contributed by atoms with van der Waals surface area (Å²) >= 11 is 0. The van der Waals surface area contributed by atoms with Crippen LogP contribution in [-0.2, 0) is 0 Å². The Morgan fingerprint density at radius 2 is 2.07 bits per heavy atom. The molecule has 0 bridgehead atoms. The predicted octanol–water partition coefficient (Wildman–Crippen LogP) is 2.16. The Bertz CT molecular complexity index is 314. The summed E-state index contributed by atoms with van der Waals surface area (Å²) in [5.41, 5.74) is 0.646. The van der Waals surface area contributed by atoms with Gasteiger partial charge in [-0.15, -0.1) is 0 Å². The Morgan fingerprint density at radius 1 is 1.40 bits per heavy atom. The number of hydrogen-bond acceptors (Lipinski definition) is 3. The van der Waals surface area contributed by atoms with Crippen molar-refractivity contribution in [2.75, 3.05) is 6.61 Å². The molecule has 0 N–H and O–H groups in total. The molecule has 1 aromatic rings. The van der Waals surface area contributed by atoms with Crippen LogP contribution in [0.3, 0.4) is 0 Å². The van der Waals surface area contributed by atoms with Gasteiger partial charge in [0.25, 0.3) is 0 Å². The molecule has 0 aliphatic carbocycles. The smallest absolute Gasteiger partial charge is 0.311 e. The minimum absolute atomic E-state index is 0.0408. The average molecular weight is 220 g/mol. The van der Waals surface area contributed by atoms with E-state index in [0.29, 0.717) is 5.69 Å². The summed E-state index contributed by atoms with van der Waals surface area (Å²) in [5, 5.41) is 0. The number of alkyl halides is 3. The summed E-state index contributed by atoms with van der Waals surface area (Å²) in [6.07, 6.45) is 0.344. The van der Waals surface area contributed by atoms with Crippen LogP contribution in [-0.4, -0.2) is 28.7 Å². The molecule has 0 saturated heterocycles. The SMILES string of the molecule is Cc1cnc(OCC(F)(F)C(C)F)cn1. The van der Waals surface area contributed by atoms with E-state index in [1.165, 1.54) is 12.4 Å². The number of aromatic nitrogens is 2. The van der Waals surface area contributed by atoms with E-state index in [4.69, 9.17) is 0 Å². The van der Waals surface area contributed by atoms with Crippen LogP contribution < -0.4 is 4.74 Å². The fourth-order valence-corrected chi connectivity index (χ4v) is 0.740. The molecular weight excluding hydrogens is 209 g/mol. The van der Waals surface area contributed by atoms with Crippen LogP contribution in [0.15, 0.2) is 12.4 Å². The number of hydrogen-bond donors (Lipinski definition) is 0. The molecule has 1 atom stereocenters. The highest BCUT2D eigenvalue weighted by Crippen LogP contribution is 2.22. The second kappa shape index (κ2) is 4.46. The predicted molar refractivity (Wildman–Crippen MR) is 47.8 cm³/mol. The van der Waals surface area contributed by atoms with Crippen molar-refractivity contribution in [3.63, 3.8) is 0 Å². The Labute approximate surface area is 85.3 Å². The number of nitrogens with zero attached hydrogens (tertiary/aromatic N) is 2. The van der Waals surface area contributed by atoms with Gasteiger partial charge in [-0.25, -0.2) is 9.37 Å². The topological polar surface area (TPSA) is 35.0 Å². The lowest BCUT2D eigenvalue weighted by atomic mass is 10.2. The van der Waals surface area contributed by atoms with E-state index in [1.807, 2.05) is 0 Å². The lowest BCUT2D eigenvalue weighted by Gasteiger charge is -2.17. The third-order valence-corrected chi connectivity index (χ3v) is 1.75. The summed E-state index contributed by atoms with van der Waals surface area (Å²) < 4.78 is 42.5. The maximum absolute atomic E-state index is 12.8. The lowest BCUT2D eigenvalue weighted by Crippen LogP contribution is -2.34. The van der Waals surface area contributed by atoms with Crippen molar-refractivity contribution < 1.29 is 17.9 Å². The summed E-state index contributed by atoms with van der Waals surface area (Å²) in [5.74, 6) is -3.55. The summed E-state index contributed by atoms with van der Waals surface area (Å²) in [4.78, 5) is 7.50. The molecule has 1 unspecified atom stereocenters. The lowest BCUT2D eigenvalue weighted by molar-refractivity contribution is -0.0949. The van der Waals surface area contributed by atoms with Crippen molar-refractivity contribution in [2.24, 2.45) is 0 Å². The first-order valence-electron chi connectivity index (χ1n) is 4.35. The molecule has 0 saturated carbocycles. The standard InChI is InChI=1S/C9H11F3N2O/c1-6-3-14-8(4-13-6)15-5-9(11,12)7(2)10/h3-4,7H,5H2,1-2H3. The molecule has 6 heteroatoms. The maximum Gasteiger partial charge on any atom is 0.311 e. The molecule has 0 fully saturated rings. The molecule has 84 valence electrons. The van der Waals surface area contributed by atoms with Gasteiger partial charge in [0.15, 0.2) is 12.8 Å². The van der Waals surface area contributed by atoms with E-state index < -0.39 is 18.7 Å². The van der Waals surface area contributed by atoms with E-state index in [-0.39, 0.29) is 5.88 Å². The zero-order chi connectivity index (χ0) is 11.5. The highest BCUT2D eigenvalue weighted by molar-refractivity contribution is 5.06. The number of aryl methyl sites for hydroxylation is 1. The van der Waals surface area contributed by atoms with Crippen molar-refractivity contribution >= 4 is 0 Å². The van der Waals surface area contributed by atoms with E-state index >= 15 is 0 Å². The molecule has 0 aliphatic heterocycles. The van der Waals surface area contributed by atoms with Gasteiger partial charge in [0.2, 0.25) is 5.88 Å². The largest absolute Gasteiger partial charge is 0.470 e. The summed E-state index contributed by atoms with van der Waals surface area (Å²) in [6.45, 7) is 1.45. The van der Waals surface area contributed by atoms with Crippen LogP contribution in [0.4, 0.5) is 13.2 Å². The van der Waals surface area contributed by atoms with E-state index in [2.05, 4.69) is 14.7 Å². The molecule has 0 aliphatic rings. The zero-order valence-corrected chi connectivity index (χ0v) is 8.38. The van der Waals surface area contributed by atoms with Gasteiger partial charge in [-0.3, -0.25) is 4.98 Å². The summed E-state index contributed by atoms with van der Waals surface area (Å²) in [7, 11) is 0. The first kappa shape index (κ1) is 11.7. The second-order valence-corrected chi connectivity index (χ2v) is 3.16. The summed E-state index contributed by atoms with van der Waals surface area (Å²) in [6, 6.07) is 0. The second-order valence-electron chi connectivity index (χ2n) is 3.16. The van der Waals surface area contributed by atoms with Crippen LogP contribution in [0, 0.1) is 6.92 Å². The molecule has 0 radical (unpaired) electrons. The fourth-order valence-electron chi connectivity index (χ4n) is 0.740. The van der Waals surface area contributed by atoms with Gasteiger partial charge in [-0.05, 0) is 13.8 Å². The molecule has 1 heterocycles. The normalized spacial score (nSPS) is 13.7. The third-order valence-electron chi connectivity index (χ3n) is 1.75. The van der Waals surface area contributed by atoms with Crippen LogP contribution in [0.2, 0.25) is 0 Å². The zero-order valence-electron chi connectivity index (χ0n) is 8.38. The van der Waals surface area contributed by atoms with Gasteiger partial charge in [0, 0.05) is 0 Å². The Kier molecular flexibility index (Phi) is 3.49. The van der Waals surface area contributed by atoms with Crippen LogP contribution in [0.1, 0.15) is 12.6 Å². The fraction of sp³-hybridized carbons (Fsp3) is 0.556. The Morgan fingerprint density at radius 3 is 2.53 bits per heavy atom. The third kappa shape index (κ3) is 3.38.